The molecule has 0 spiro atoms. The molecular weight excluding hydrogens is 242 g/mol. The Hall–Kier alpha value is -2.06. The Morgan fingerprint density at radius 1 is 1.47 bits per heavy atom. The summed E-state index contributed by atoms with van der Waals surface area (Å²) < 4.78 is 5.50. The lowest BCUT2D eigenvalue weighted by Crippen LogP contribution is -2.29. The van der Waals surface area contributed by atoms with E-state index in [2.05, 4.69) is 10.6 Å². The van der Waals surface area contributed by atoms with Gasteiger partial charge in [0.15, 0.2) is 6.61 Å². The van der Waals surface area contributed by atoms with Crippen LogP contribution in [0.1, 0.15) is 17.5 Å². The molecule has 1 rings (SSSR count). The van der Waals surface area contributed by atoms with Gasteiger partial charge >= 0.3 is 0 Å². The van der Waals surface area contributed by atoms with Gasteiger partial charge in [0.05, 0.1) is 12.5 Å². The molecular formula is C14H19N3O2. The lowest BCUT2D eigenvalue weighted by Gasteiger charge is -2.12. The van der Waals surface area contributed by atoms with Crippen molar-refractivity contribution in [2.45, 2.75) is 19.9 Å². The Labute approximate surface area is 113 Å². The van der Waals surface area contributed by atoms with Crippen LogP contribution in [-0.4, -0.2) is 26.1 Å². The summed E-state index contributed by atoms with van der Waals surface area (Å²) >= 11 is 0. The molecule has 0 aromatic heterocycles. The topological polar surface area (TPSA) is 74.2 Å². The van der Waals surface area contributed by atoms with Crippen LogP contribution in [-0.2, 0) is 11.3 Å². The summed E-state index contributed by atoms with van der Waals surface area (Å²) in [5, 5.41) is 14.0. The van der Waals surface area contributed by atoms with Crippen LogP contribution in [0.25, 0.3) is 0 Å². The molecule has 1 aromatic carbocycles. The van der Waals surface area contributed by atoms with Crippen molar-refractivity contribution in [3.8, 4) is 11.8 Å². The molecule has 1 aromatic rings. The maximum Gasteiger partial charge on any atom is 0.257 e. The summed E-state index contributed by atoms with van der Waals surface area (Å²) in [5.74, 6) is 0.488. The maximum atomic E-state index is 11.5. The molecule has 102 valence electrons. The summed E-state index contributed by atoms with van der Waals surface area (Å²) in [6, 6.07) is 7.80. The number of aryl methyl sites for hydroxylation is 1. The molecule has 5 heteroatoms. The van der Waals surface area contributed by atoms with E-state index in [1.165, 1.54) is 0 Å². The first-order valence-corrected chi connectivity index (χ1v) is 6.18. The summed E-state index contributed by atoms with van der Waals surface area (Å²) in [4.78, 5) is 11.5. The van der Waals surface area contributed by atoms with Crippen molar-refractivity contribution in [3.05, 3.63) is 29.3 Å². The van der Waals surface area contributed by atoms with E-state index in [-0.39, 0.29) is 12.5 Å². The molecule has 0 aliphatic carbocycles. The van der Waals surface area contributed by atoms with Crippen molar-refractivity contribution in [1.29, 1.82) is 5.26 Å². The summed E-state index contributed by atoms with van der Waals surface area (Å²) in [6.45, 7) is 3.02. The van der Waals surface area contributed by atoms with Crippen LogP contribution < -0.4 is 15.4 Å². The number of nitriles is 1. The van der Waals surface area contributed by atoms with E-state index < -0.39 is 0 Å². The van der Waals surface area contributed by atoms with Crippen molar-refractivity contribution in [2.75, 3.05) is 20.2 Å². The predicted octanol–water partition coefficient (Wildman–Crippen LogP) is 1.12. The van der Waals surface area contributed by atoms with E-state index in [0.29, 0.717) is 25.3 Å². The standard InChI is InChI=1S/C14H19N3O2/c1-11-4-5-13(12(8-11)9-16-2)19-10-14(18)17-7-3-6-15/h4-5,8,16H,3,7,9-10H2,1-2H3,(H,17,18). The van der Waals surface area contributed by atoms with Gasteiger partial charge in [-0.3, -0.25) is 4.79 Å². The van der Waals surface area contributed by atoms with E-state index in [0.717, 1.165) is 11.1 Å². The summed E-state index contributed by atoms with van der Waals surface area (Å²) in [5.41, 5.74) is 2.17. The fourth-order valence-corrected chi connectivity index (χ4v) is 1.63. The highest BCUT2D eigenvalue weighted by Crippen LogP contribution is 2.19. The Morgan fingerprint density at radius 3 is 2.95 bits per heavy atom. The molecule has 0 aliphatic rings. The average Bonchev–Trinajstić information content (AvgIpc) is 2.38. The molecule has 0 fully saturated rings. The van der Waals surface area contributed by atoms with E-state index in [9.17, 15) is 4.79 Å². The van der Waals surface area contributed by atoms with E-state index >= 15 is 0 Å². The Morgan fingerprint density at radius 2 is 2.26 bits per heavy atom. The Kier molecular flexibility index (Phi) is 6.41. The highest BCUT2D eigenvalue weighted by Gasteiger charge is 2.06. The number of nitrogens with one attached hydrogen (secondary N) is 2. The quantitative estimate of drug-likeness (QED) is 0.721. The molecule has 0 bridgehead atoms. The van der Waals surface area contributed by atoms with Gasteiger partial charge in [-0.05, 0) is 20.0 Å². The van der Waals surface area contributed by atoms with Crippen LogP contribution in [0.2, 0.25) is 0 Å². The van der Waals surface area contributed by atoms with Crippen molar-refractivity contribution >= 4 is 5.91 Å². The highest BCUT2D eigenvalue weighted by atomic mass is 16.5. The van der Waals surface area contributed by atoms with E-state index in [1.807, 2.05) is 38.2 Å². The SMILES string of the molecule is CNCc1cc(C)ccc1OCC(=O)NCCC#N. The van der Waals surface area contributed by atoms with Gasteiger partial charge in [-0.1, -0.05) is 17.7 Å². The Balaban J connectivity index is 2.52. The molecule has 5 nitrogen and oxygen atoms in total. The summed E-state index contributed by atoms with van der Waals surface area (Å²) in [6.07, 6.45) is 0.307. The van der Waals surface area contributed by atoms with Gasteiger partial charge in [0.2, 0.25) is 0 Å². The normalized spacial score (nSPS) is 9.74. The van der Waals surface area contributed by atoms with Crippen LogP contribution in [0, 0.1) is 18.3 Å². The second-order valence-corrected chi connectivity index (χ2v) is 4.19. The number of hydrogen-bond acceptors (Lipinski definition) is 4. The zero-order chi connectivity index (χ0) is 14.1. The van der Waals surface area contributed by atoms with E-state index in [4.69, 9.17) is 10.00 Å². The molecule has 0 atom stereocenters. The molecule has 0 aliphatic heterocycles. The van der Waals surface area contributed by atoms with Crippen LogP contribution in [0.15, 0.2) is 18.2 Å². The first-order chi connectivity index (χ1) is 9.17. The van der Waals surface area contributed by atoms with Gasteiger partial charge in [-0.25, -0.2) is 0 Å². The minimum absolute atomic E-state index is 0.0365. The fourth-order valence-electron chi connectivity index (χ4n) is 1.63. The third-order valence-corrected chi connectivity index (χ3v) is 2.50. The van der Waals surface area contributed by atoms with Crippen LogP contribution in [0.5, 0.6) is 5.75 Å². The van der Waals surface area contributed by atoms with Gasteiger partial charge in [0, 0.05) is 18.7 Å². The first kappa shape index (κ1) is 15.0. The largest absolute Gasteiger partial charge is 0.483 e. The van der Waals surface area contributed by atoms with Crippen LogP contribution in [0.3, 0.4) is 0 Å². The number of ether oxygens (including phenoxy) is 1. The van der Waals surface area contributed by atoms with Crippen molar-refractivity contribution in [1.82, 2.24) is 10.6 Å². The average molecular weight is 261 g/mol. The minimum Gasteiger partial charge on any atom is -0.483 e. The number of amides is 1. The zero-order valence-corrected chi connectivity index (χ0v) is 11.3. The fraction of sp³-hybridized carbons (Fsp3) is 0.429. The van der Waals surface area contributed by atoms with Gasteiger partial charge in [0.1, 0.15) is 5.75 Å². The van der Waals surface area contributed by atoms with Gasteiger partial charge < -0.3 is 15.4 Å². The molecule has 0 heterocycles. The predicted molar refractivity (Wildman–Crippen MR) is 72.7 cm³/mol. The lowest BCUT2D eigenvalue weighted by atomic mass is 10.1. The number of carbonyl (C=O) groups excluding carboxylic acids is 1. The van der Waals surface area contributed by atoms with Gasteiger partial charge in [-0.2, -0.15) is 5.26 Å². The molecule has 0 saturated carbocycles. The third kappa shape index (κ3) is 5.40. The second kappa shape index (κ2) is 8.11. The highest BCUT2D eigenvalue weighted by molar-refractivity contribution is 5.77. The van der Waals surface area contributed by atoms with E-state index in [1.54, 1.807) is 0 Å². The van der Waals surface area contributed by atoms with Crippen molar-refractivity contribution in [2.24, 2.45) is 0 Å². The van der Waals surface area contributed by atoms with Crippen molar-refractivity contribution < 1.29 is 9.53 Å². The summed E-state index contributed by atoms with van der Waals surface area (Å²) in [7, 11) is 1.86. The smallest absolute Gasteiger partial charge is 0.257 e. The number of rotatable bonds is 7. The van der Waals surface area contributed by atoms with Gasteiger partial charge in [-0.15, -0.1) is 0 Å². The maximum absolute atomic E-state index is 11.5. The Bertz CT molecular complexity index is 466. The van der Waals surface area contributed by atoms with Gasteiger partial charge in [0.25, 0.3) is 5.91 Å². The number of nitrogens with zero attached hydrogens (tertiary/aromatic N) is 1. The van der Waals surface area contributed by atoms with Crippen LogP contribution in [0.4, 0.5) is 0 Å². The monoisotopic (exact) mass is 261 g/mol. The molecule has 0 unspecified atom stereocenters. The zero-order valence-electron chi connectivity index (χ0n) is 11.3. The molecule has 0 radical (unpaired) electrons. The van der Waals surface area contributed by atoms with Crippen LogP contribution >= 0.6 is 0 Å². The molecule has 2 N–H and O–H groups in total. The molecule has 0 saturated heterocycles. The number of benzene rings is 1. The first-order valence-electron chi connectivity index (χ1n) is 6.18. The number of hydrogen-bond donors (Lipinski definition) is 2. The number of carbonyl (C=O) groups is 1. The molecule has 1 amide bonds. The molecule has 19 heavy (non-hydrogen) atoms. The second-order valence-electron chi connectivity index (χ2n) is 4.19. The third-order valence-electron chi connectivity index (χ3n) is 2.50. The van der Waals surface area contributed by atoms with Crippen molar-refractivity contribution in [3.63, 3.8) is 0 Å². The minimum atomic E-state index is -0.216. The lowest BCUT2D eigenvalue weighted by molar-refractivity contribution is -0.123.